The Balaban J connectivity index is 3.31. The standard InChI is InChI=1S/C7H7FIN/c1-4-3-6(8)10-7(9)5(4)2/h3H,1-2H3. The monoisotopic (exact) mass is 251 g/mol. The minimum absolute atomic E-state index is 0.396. The summed E-state index contributed by atoms with van der Waals surface area (Å²) in [5.74, 6) is -0.396. The van der Waals surface area contributed by atoms with E-state index in [1.807, 2.05) is 36.4 Å². The molecular weight excluding hydrogens is 244 g/mol. The highest BCUT2D eigenvalue weighted by Gasteiger charge is 2.01. The third-order valence-corrected chi connectivity index (χ3v) is 2.49. The predicted molar refractivity (Wildman–Crippen MR) is 46.4 cm³/mol. The van der Waals surface area contributed by atoms with E-state index in [-0.39, 0.29) is 0 Å². The number of hydrogen-bond donors (Lipinski definition) is 0. The van der Waals surface area contributed by atoms with Gasteiger partial charge in [-0.25, -0.2) is 4.98 Å². The van der Waals surface area contributed by atoms with Crippen molar-refractivity contribution in [3.63, 3.8) is 0 Å². The van der Waals surface area contributed by atoms with Crippen LogP contribution in [0, 0.1) is 23.5 Å². The van der Waals surface area contributed by atoms with Crippen LogP contribution in [0.2, 0.25) is 0 Å². The maximum Gasteiger partial charge on any atom is 0.214 e. The lowest BCUT2D eigenvalue weighted by Gasteiger charge is -2.00. The van der Waals surface area contributed by atoms with Crippen molar-refractivity contribution in [2.45, 2.75) is 13.8 Å². The lowest BCUT2D eigenvalue weighted by molar-refractivity contribution is 0.578. The molecule has 0 radical (unpaired) electrons. The summed E-state index contributed by atoms with van der Waals surface area (Å²) in [7, 11) is 0. The van der Waals surface area contributed by atoms with Crippen molar-refractivity contribution in [1.82, 2.24) is 4.98 Å². The lowest BCUT2D eigenvalue weighted by Crippen LogP contribution is -1.93. The Labute approximate surface area is 72.8 Å². The average molecular weight is 251 g/mol. The Morgan fingerprint density at radius 3 is 2.60 bits per heavy atom. The van der Waals surface area contributed by atoms with Crippen LogP contribution in [0.3, 0.4) is 0 Å². The number of aryl methyl sites for hydroxylation is 1. The lowest BCUT2D eigenvalue weighted by atomic mass is 10.2. The molecule has 3 heteroatoms. The van der Waals surface area contributed by atoms with Crippen LogP contribution in [-0.2, 0) is 0 Å². The van der Waals surface area contributed by atoms with Crippen molar-refractivity contribution in [2.75, 3.05) is 0 Å². The van der Waals surface area contributed by atoms with Gasteiger partial charge in [0.1, 0.15) is 3.70 Å². The number of aromatic nitrogens is 1. The molecular formula is C7H7FIN. The first-order valence-corrected chi connectivity index (χ1v) is 3.98. The van der Waals surface area contributed by atoms with Crippen molar-refractivity contribution in [3.8, 4) is 0 Å². The van der Waals surface area contributed by atoms with Crippen LogP contribution < -0.4 is 0 Å². The van der Waals surface area contributed by atoms with Crippen LogP contribution in [0.4, 0.5) is 4.39 Å². The second-order valence-electron chi connectivity index (χ2n) is 2.18. The fraction of sp³-hybridized carbons (Fsp3) is 0.286. The van der Waals surface area contributed by atoms with Crippen LogP contribution in [0.15, 0.2) is 6.07 Å². The van der Waals surface area contributed by atoms with Crippen molar-refractivity contribution < 1.29 is 4.39 Å². The zero-order chi connectivity index (χ0) is 7.72. The molecule has 0 fully saturated rings. The molecule has 1 heterocycles. The number of rotatable bonds is 0. The first-order chi connectivity index (χ1) is 4.61. The van der Waals surface area contributed by atoms with E-state index in [0.717, 1.165) is 14.8 Å². The molecule has 54 valence electrons. The summed E-state index contributed by atoms with van der Waals surface area (Å²) >= 11 is 2.02. The first-order valence-electron chi connectivity index (χ1n) is 2.90. The highest BCUT2D eigenvalue weighted by Crippen LogP contribution is 2.13. The molecule has 0 aliphatic heterocycles. The number of halogens is 2. The maximum atomic E-state index is 12.5. The summed E-state index contributed by atoms with van der Waals surface area (Å²) in [5.41, 5.74) is 2.01. The quantitative estimate of drug-likeness (QED) is 0.509. The molecule has 0 amide bonds. The molecule has 0 spiro atoms. The Morgan fingerprint density at radius 2 is 2.10 bits per heavy atom. The van der Waals surface area contributed by atoms with E-state index < -0.39 is 5.95 Å². The molecule has 1 nitrogen and oxygen atoms in total. The van der Waals surface area contributed by atoms with Gasteiger partial charge in [-0.2, -0.15) is 4.39 Å². The number of nitrogens with zero attached hydrogens (tertiary/aromatic N) is 1. The zero-order valence-corrected chi connectivity index (χ0v) is 7.94. The largest absolute Gasteiger partial charge is 0.214 e. The fourth-order valence-corrected chi connectivity index (χ4v) is 1.32. The van der Waals surface area contributed by atoms with Gasteiger partial charge in [-0.05, 0) is 53.6 Å². The van der Waals surface area contributed by atoms with Gasteiger partial charge < -0.3 is 0 Å². The molecule has 0 bridgehead atoms. The molecule has 0 atom stereocenters. The molecule has 0 N–H and O–H groups in total. The molecule has 1 rings (SSSR count). The highest BCUT2D eigenvalue weighted by molar-refractivity contribution is 14.1. The molecule has 1 aromatic heterocycles. The summed E-state index contributed by atoms with van der Waals surface area (Å²) in [4.78, 5) is 3.65. The van der Waals surface area contributed by atoms with Crippen LogP contribution in [-0.4, -0.2) is 4.98 Å². The Bertz CT molecular complexity index is 237. The van der Waals surface area contributed by atoms with E-state index >= 15 is 0 Å². The van der Waals surface area contributed by atoms with Crippen molar-refractivity contribution in [2.24, 2.45) is 0 Å². The van der Waals surface area contributed by atoms with E-state index in [0.29, 0.717) is 0 Å². The van der Waals surface area contributed by atoms with Gasteiger partial charge in [0.2, 0.25) is 5.95 Å². The van der Waals surface area contributed by atoms with Crippen molar-refractivity contribution >= 4 is 22.6 Å². The molecule has 10 heavy (non-hydrogen) atoms. The minimum atomic E-state index is -0.396. The van der Waals surface area contributed by atoms with Gasteiger partial charge in [0, 0.05) is 0 Å². The third kappa shape index (κ3) is 1.45. The third-order valence-electron chi connectivity index (χ3n) is 1.44. The van der Waals surface area contributed by atoms with Crippen LogP contribution in [0.25, 0.3) is 0 Å². The van der Waals surface area contributed by atoms with E-state index in [1.54, 1.807) is 0 Å². The second-order valence-corrected chi connectivity index (χ2v) is 3.20. The Morgan fingerprint density at radius 1 is 1.50 bits per heavy atom. The minimum Gasteiger partial charge on any atom is -0.213 e. The Kier molecular flexibility index (Phi) is 2.23. The van der Waals surface area contributed by atoms with Crippen molar-refractivity contribution in [1.29, 1.82) is 0 Å². The van der Waals surface area contributed by atoms with E-state index in [2.05, 4.69) is 4.98 Å². The first kappa shape index (κ1) is 7.91. The topological polar surface area (TPSA) is 12.9 Å². The van der Waals surface area contributed by atoms with Crippen molar-refractivity contribution in [3.05, 3.63) is 26.8 Å². The van der Waals surface area contributed by atoms with E-state index in [1.165, 1.54) is 6.07 Å². The van der Waals surface area contributed by atoms with E-state index in [9.17, 15) is 4.39 Å². The summed E-state index contributed by atoms with van der Waals surface area (Å²) in [6.45, 7) is 3.81. The highest BCUT2D eigenvalue weighted by atomic mass is 127. The van der Waals surface area contributed by atoms with Crippen LogP contribution >= 0.6 is 22.6 Å². The average Bonchev–Trinajstić information content (AvgIpc) is 1.82. The number of hydrogen-bond acceptors (Lipinski definition) is 1. The summed E-state index contributed by atoms with van der Waals surface area (Å²) < 4.78 is 13.2. The summed E-state index contributed by atoms with van der Waals surface area (Å²) in [5, 5.41) is 0. The van der Waals surface area contributed by atoms with Gasteiger partial charge in [0.25, 0.3) is 0 Å². The zero-order valence-electron chi connectivity index (χ0n) is 5.78. The smallest absolute Gasteiger partial charge is 0.213 e. The van der Waals surface area contributed by atoms with Gasteiger partial charge in [0.05, 0.1) is 0 Å². The van der Waals surface area contributed by atoms with Gasteiger partial charge in [-0.15, -0.1) is 0 Å². The molecule has 0 saturated carbocycles. The predicted octanol–water partition coefficient (Wildman–Crippen LogP) is 2.44. The van der Waals surface area contributed by atoms with Gasteiger partial charge >= 0.3 is 0 Å². The molecule has 0 aliphatic carbocycles. The maximum absolute atomic E-state index is 12.5. The molecule has 1 aromatic rings. The molecule has 0 aliphatic rings. The SMILES string of the molecule is Cc1cc(F)nc(I)c1C. The fourth-order valence-electron chi connectivity index (χ4n) is 0.660. The van der Waals surface area contributed by atoms with Gasteiger partial charge in [0.15, 0.2) is 0 Å². The Hall–Kier alpha value is -0.190. The molecule has 0 aromatic carbocycles. The summed E-state index contributed by atoms with van der Waals surface area (Å²) in [6.07, 6.45) is 0. The van der Waals surface area contributed by atoms with Crippen LogP contribution in [0.1, 0.15) is 11.1 Å². The number of pyridine rings is 1. The van der Waals surface area contributed by atoms with Gasteiger partial charge in [-0.3, -0.25) is 0 Å². The normalized spacial score (nSPS) is 10.0. The second kappa shape index (κ2) is 2.82. The molecule has 0 saturated heterocycles. The van der Waals surface area contributed by atoms with Crippen LogP contribution in [0.5, 0.6) is 0 Å². The van der Waals surface area contributed by atoms with E-state index in [4.69, 9.17) is 0 Å². The summed E-state index contributed by atoms with van der Waals surface area (Å²) in [6, 6.07) is 1.44. The molecule has 0 unspecified atom stereocenters. The van der Waals surface area contributed by atoms with Gasteiger partial charge in [-0.1, -0.05) is 0 Å².